The summed E-state index contributed by atoms with van der Waals surface area (Å²) in [7, 11) is 0. The molecule has 0 radical (unpaired) electrons. The topological polar surface area (TPSA) is 40.5 Å². The molecule has 0 spiro atoms. The molecule has 4 rings (SSSR count). The molecule has 26 heavy (non-hydrogen) atoms. The molecule has 2 nitrogen and oxygen atoms in total. The van der Waals surface area contributed by atoms with Crippen molar-refractivity contribution in [1.82, 2.24) is 0 Å². The molecule has 0 aliphatic heterocycles. The van der Waals surface area contributed by atoms with Gasteiger partial charge in [0.2, 0.25) is 0 Å². The average Bonchev–Trinajstić information content (AvgIpc) is 2.87. The maximum atomic E-state index is 11.4. The van der Waals surface area contributed by atoms with E-state index in [0.717, 1.165) is 31.6 Å². The lowest BCUT2D eigenvalue weighted by molar-refractivity contribution is -0.117. The second-order valence-corrected chi connectivity index (χ2v) is 10.7. The molecule has 3 heteroatoms. The van der Waals surface area contributed by atoms with Crippen LogP contribution >= 0.6 is 11.6 Å². The monoisotopic (exact) mass is 378 g/mol. The Bertz CT molecular complexity index is 642. The number of alkyl halides is 1. The maximum absolute atomic E-state index is 11.4. The molecule has 7 atom stereocenters. The predicted molar refractivity (Wildman–Crippen MR) is 107 cm³/mol. The lowest BCUT2D eigenvalue weighted by Gasteiger charge is -2.62. The molecular weight excluding hydrogens is 344 g/mol. The van der Waals surface area contributed by atoms with Gasteiger partial charge in [0.05, 0.1) is 10.5 Å². The number of aliphatic hydroxyl groups is 2. The molecule has 0 saturated heterocycles. The minimum Gasteiger partial charge on any atom is -0.396 e. The van der Waals surface area contributed by atoms with E-state index in [1.165, 1.54) is 24.8 Å². The summed E-state index contributed by atoms with van der Waals surface area (Å²) in [5, 5.41) is 20.9. The minimum atomic E-state index is -0.742. The number of fused-ring (bicyclic) bond motifs is 5. The standard InChI is InChI=1S/C23H35ClO2/c1-4-16-5-6-17-7-8-19-18-9-10-22(26,13-14-25)20(18,2)11-12-23(19,24)21(17,3)15-16/h6-8,16,18-19,25-26H,4-5,9-15H2,1-3H3/t16?,18-,19-,20-,21-,22-,23+/m0/s1. The van der Waals surface area contributed by atoms with Gasteiger partial charge in [-0.25, -0.2) is 0 Å². The Balaban J connectivity index is 1.74. The van der Waals surface area contributed by atoms with Crippen LogP contribution in [-0.2, 0) is 0 Å². The van der Waals surface area contributed by atoms with Crippen LogP contribution < -0.4 is 0 Å². The quantitative estimate of drug-likeness (QED) is 0.660. The number of halogens is 1. The highest BCUT2D eigenvalue weighted by Gasteiger charge is 2.67. The van der Waals surface area contributed by atoms with Gasteiger partial charge in [-0.3, -0.25) is 0 Å². The Labute approximate surface area is 163 Å². The summed E-state index contributed by atoms with van der Waals surface area (Å²) in [6, 6.07) is 0. The van der Waals surface area contributed by atoms with Crippen LogP contribution in [0.25, 0.3) is 0 Å². The molecule has 4 aliphatic carbocycles. The Morgan fingerprint density at radius 3 is 2.69 bits per heavy atom. The Morgan fingerprint density at radius 1 is 1.23 bits per heavy atom. The van der Waals surface area contributed by atoms with Gasteiger partial charge in [-0.1, -0.05) is 45.4 Å². The summed E-state index contributed by atoms with van der Waals surface area (Å²) >= 11 is 7.59. The molecule has 2 saturated carbocycles. The SMILES string of the molecule is CCC1CC=C2C=C[C@H]3[C@@H]4CC[C@](O)(CCO)[C@@]4(C)CC[C@]3(Cl)[C@@]2(C)C1. The van der Waals surface area contributed by atoms with Crippen LogP contribution in [0.15, 0.2) is 23.8 Å². The average molecular weight is 379 g/mol. The molecule has 146 valence electrons. The number of hydrogen-bond donors (Lipinski definition) is 2. The number of rotatable bonds is 3. The summed E-state index contributed by atoms with van der Waals surface area (Å²) in [4.78, 5) is -0.240. The van der Waals surface area contributed by atoms with Gasteiger partial charge in [0.1, 0.15) is 0 Å². The van der Waals surface area contributed by atoms with Gasteiger partial charge in [0, 0.05) is 17.9 Å². The van der Waals surface area contributed by atoms with Crippen LogP contribution in [-0.4, -0.2) is 27.3 Å². The minimum absolute atomic E-state index is 0.0336. The molecule has 1 unspecified atom stereocenters. The van der Waals surface area contributed by atoms with Crippen molar-refractivity contribution in [3.05, 3.63) is 23.8 Å². The first kappa shape index (κ1) is 19.0. The van der Waals surface area contributed by atoms with Crippen molar-refractivity contribution in [2.45, 2.75) is 82.6 Å². The molecule has 4 aliphatic rings. The van der Waals surface area contributed by atoms with Crippen molar-refractivity contribution < 1.29 is 10.2 Å². The molecule has 2 N–H and O–H groups in total. The van der Waals surface area contributed by atoms with E-state index in [4.69, 9.17) is 11.6 Å². The first-order valence-corrected chi connectivity index (χ1v) is 11.0. The third kappa shape index (κ3) is 2.25. The van der Waals surface area contributed by atoms with Crippen molar-refractivity contribution in [1.29, 1.82) is 0 Å². The van der Waals surface area contributed by atoms with Crippen molar-refractivity contribution in [2.75, 3.05) is 6.61 Å². The highest BCUT2D eigenvalue weighted by molar-refractivity contribution is 6.25. The first-order chi connectivity index (χ1) is 12.2. The van der Waals surface area contributed by atoms with Crippen LogP contribution in [0.1, 0.15) is 72.1 Å². The zero-order valence-electron chi connectivity index (χ0n) is 16.6. The largest absolute Gasteiger partial charge is 0.396 e. The van der Waals surface area contributed by atoms with E-state index in [1.54, 1.807) is 0 Å². The number of aliphatic hydroxyl groups excluding tert-OH is 1. The second kappa shape index (κ2) is 6.09. The molecule has 0 amide bonds. The van der Waals surface area contributed by atoms with Crippen molar-refractivity contribution >= 4 is 11.6 Å². The van der Waals surface area contributed by atoms with E-state index in [2.05, 4.69) is 39.0 Å². The van der Waals surface area contributed by atoms with Gasteiger partial charge in [0.25, 0.3) is 0 Å². The molecule has 0 aromatic heterocycles. The normalized spacial score (nSPS) is 52.8. The first-order valence-electron chi connectivity index (χ1n) is 10.6. The fraction of sp³-hybridized carbons (Fsp3) is 0.826. The van der Waals surface area contributed by atoms with Gasteiger partial charge >= 0.3 is 0 Å². The van der Waals surface area contributed by atoms with Gasteiger partial charge in [0.15, 0.2) is 0 Å². The van der Waals surface area contributed by atoms with Crippen molar-refractivity contribution in [3.63, 3.8) is 0 Å². The molecule has 0 aromatic carbocycles. The predicted octanol–water partition coefficient (Wildman–Crippen LogP) is 5.23. The molecular formula is C23H35ClO2. The lowest BCUT2D eigenvalue weighted by atomic mass is 9.47. The van der Waals surface area contributed by atoms with Gasteiger partial charge in [-0.05, 0) is 67.8 Å². The zero-order valence-corrected chi connectivity index (χ0v) is 17.4. The van der Waals surface area contributed by atoms with Gasteiger partial charge in [-0.2, -0.15) is 0 Å². The summed E-state index contributed by atoms with van der Waals surface area (Å²) in [5.74, 6) is 1.45. The second-order valence-electron chi connectivity index (χ2n) is 10.0. The number of hydrogen-bond acceptors (Lipinski definition) is 2. The van der Waals surface area contributed by atoms with Crippen LogP contribution in [0.5, 0.6) is 0 Å². The third-order valence-corrected chi connectivity index (χ3v) is 10.1. The van der Waals surface area contributed by atoms with Crippen LogP contribution in [0.4, 0.5) is 0 Å². The fourth-order valence-electron chi connectivity index (χ4n) is 7.27. The molecule has 0 bridgehead atoms. The molecule has 0 aromatic rings. The summed E-state index contributed by atoms with van der Waals surface area (Å²) in [6.07, 6.45) is 15.0. The third-order valence-electron chi connectivity index (χ3n) is 9.23. The van der Waals surface area contributed by atoms with Crippen LogP contribution in [0.3, 0.4) is 0 Å². The highest BCUT2D eigenvalue weighted by Crippen LogP contribution is 2.70. The highest BCUT2D eigenvalue weighted by atomic mass is 35.5. The summed E-state index contributed by atoms with van der Waals surface area (Å²) in [6.45, 7) is 7.03. The van der Waals surface area contributed by atoms with E-state index in [9.17, 15) is 10.2 Å². The van der Waals surface area contributed by atoms with E-state index < -0.39 is 5.60 Å². The summed E-state index contributed by atoms with van der Waals surface area (Å²) in [5.41, 5.74) is 0.597. The van der Waals surface area contributed by atoms with Gasteiger partial charge < -0.3 is 10.2 Å². The number of allylic oxidation sites excluding steroid dienone is 4. The van der Waals surface area contributed by atoms with Crippen molar-refractivity contribution in [3.8, 4) is 0 Å². The zero-order chi connectivity index (χ0) is 18.8. The fourth-order valence-corrected chi connectivity index (χ4v) is 7.77. The van der Waals surface area contributed by atoms with E-state index in [1.807, 2.05) is 0 Å². The smallest absolute Gasteiger partial charge is 0.0725 e. The van der Waals surface area contributed by atoms with E-state index in [0.29, 0.717) is 18.3 Å². The summed E-state index contributed by atoms with van der Waals surface area (Å²) < 4.78 is 0. The Hall–Kier alpha value is -0.310. The van der Waals surface area contributed by atoms with Crippen LogP contribution in [0, 0.1) is 28.6 Å². The van der Waals surface area contributed by atoms with E-state index >= 15 is 0 Å². The maximum Gasteiger partial charge on any atom is 0.0725 e. The molecule has 0 heterocycles. The van der Waals surface area contributed by atoms with Crippen LogP contribution in [0.2, 0.25) is 0 Å². The lowest BCUT2D eigenvalue weighted by Crippen LogP contribution is -2.61. The van der Waals surface area contributed by atoms with Crippen molar-refractivity contribution in [2.24, 2.45) is 28.6 Å². The van der Waals surface area contributed by atoms with E-state index in [-0.39, 0.29) is 22.3 Å². The Morgan fingerprint density at radius 2 is 2.00 bits per heavy atom. The molecule has 2 fully saturated rings. The Kier molecular flexibility index (Phi) is 4.46. The van der Waals surface area contributed by atoms with Gasteiger partial charge in [-0.15, -0.1) is 11.6 Å².